The van der Waals surface area contributed by atoms with Gasteiger partial charge in [-0.15, -0.1) is 0 Å². The maximum atomic E-state index is 12.5. The number of amides is 1. The predicted molar refractivity (Wildman–Crippen MR) is 93.2 cm³/mol. The zero-order valence-corrected chi connectivity index (χ0v) is 14.5. The number of nitrogens with zero attached hydrogens (tertiary/aromatic N) is 3. The van der Waals surface area contributed by atoms with E-state index in [0.29, 0.717) is 15.9 Å². The van der Waals surface area contributed by atoms with E-state index in [-0.39, 0.29) is 11.1 Å². The number of aryl methyl sites for hydroxylation is 1. The van der Waals surface area contributed by atoms with Crippen LogP contribution in [0, 0.1) is 6.92 Å². The molecule has 2 heterocycles. The smallest absolute Gasteiger partial charge is 0.259 e. The molecule has 3 rings (SSSR count). The highest BCUT2D eigenvalue weighted by Crippen LogP contribution is 2.21. The molecule has 1 N–H and O–H groups in total. The standard InChI is InChI=1S/C16H12BrClN4O/c1-10-7-14(22(21-10)12-5-3-2-4-6-12)20-16(23)13-8-11(17)9-19-15(13)18/h2-9H,1H3,(H,20,23). The summed E-state index contributed by atoms with van der Waals surface area (Å²) in [6, 6.07) is 13.0. The summed E-state index contributed by atoms with van der Waals surface area (Å²) in [5.41, 5.74) is 1.94. The van der Waals surface area contributed by atoms with Crippen molar-refractivity contribution in [3.05, 3.63) is 69.5 Å². The molecule has 0 unspecified atom stereocenters. The summed E-state index contributed by atoms with van der Waals surface area (Å²) in [7, 11) is 0. The monoisotopic (exact) mass is 390 g/mol. The summed E-state index contributed by atoms with van der Waals surface area (Å²) in [6.45, 7) is 1.86. The lowest BCUT2D eigenvalue weighted by Gasteiger charge is -2.09. The molecule has 0 saturated carbocycles. The van der Waals surface area contributed by atoms with Gasteiger partial charge in [-0.3, -0.25) is 4.79 Å². The number of anilines is 1. The van der Waals surface area contributed by atoms with Crippen LogP contribution < -0.4 is 5.32 Å². The molecule has 1 amide bonds. The Balaban J connectivity index is 1.95. The molecule has 7 heteroatoms. The second-order valence-corrected chi connectivity index (χ2v) is 6.14. The molecule has 0 aliphatic rings. The molecule has 0 radical (unpaired) electrons. The number of pyridine rings is 1. The van der Waals surface area contributed by atoms with Crippen molar-refractivity contribution in [3.8, 4) is 5.69 Å². The van der Waals surface area contributed by atoms with Crippen molar-refractivity contribution in [3.63, 3.8) is 0 Å². The lowest BCUT2D eigenvalue weighted by atomic mass is 10.2. The van der Waals surface area contributed by atoms with Gasteiger partial charge in [0.25, 0.3) is 5.91 Å². The third-order valence-corrected chi connectivity index (χ3v) is 3.86. The highest BCUT2D eigenvalue weighted by Gasteiger charge is 2.16. The predicted octanol–water partition coefficient (Wildman–Crippen LogP) is 4.24. The van der Waals surface area contributed by atoms with E-state index >= 15 is 0 Å². The molecule has 1 aromatic carbocycles. The van der Waals surface area contributed by atoms with Crippen LogP contribution in [0.25, 0.3) is 5.69 Å². The molecule has 0 aliphatic carbocycles. The van der Waals surface area contributed by atoms with Crippen molar-refractivity contribution in [1.29, 1.82) is 0 Å². The summed E-state index contributed by atoms with van der Waals surface area (Å²) < 4.78 is 2.35. The van der Waals surface area contributed by atoms with Crippen molar-refractivity contribution >= 4 is 39.3 Å². The van der Waals surface area contributed by atoms with Crippen LogP contribution in [0.3, 0.4) is 0 Å². The Labute approximate surface area is 146 Å². The minimum Gasteiger partial charge on any atom is -0.306 e. The third kappa shape index (κ3) is 3.43. The van der Waals surface area contributed by atoms with Gasteiger partial charge < -0.3 is 5.32 Å². The van der Waals surface area contributed by atoms with Crippen LogP contribution in [0.15, 0.2) is 53.1 Å². The van der Waals surface area contributed by atoms with E-state index in [2.05, 4.69) is 31.3 Å². The molecule has 5 nitrogen and oxygen atoms in total. The first-order valence-electron chi connectivity index (χ1n) is 6.79. The quantitative estimate of drug-likeness (QED) is 0.679. The van der Waals surface area contributed by atoms with Crippen LogP contribution in [0.2, 0.25) is 5.15 Å². The van der Waals surface area contributed by atoms with Gasteiger partial charge in [-0.25, -0.2) is 9.67 Å². The number of hydrogen-bond acceptors (Lipinski definition) is 3. The Hall–Kier alpha value is -2.18. The molecule has 0 fully saturated rings. The zero-order chi connectivity index (χ0) is 16.4. The molecule has 23 heavy (non-hydrogen) atoms. The molecule has 3 aromatic rings. The number of nitrogens with one attached hydrogen (secondary N) is 1. The second-order valence-electron chi connectivity index (χ2n) is 4.86. The van der Waals surface area contributed by atoms with Crippen LogP contribution in [-0.2, 0) is 0 Å². The third-order valence-electron chi connectivity index (χ3n) is 3.12. The number of para-hydroxylation sites is 1. The zero-order valence-electron chi connectivity index (χ0n) is 12.1. The summed E-state index contributed by atoms with van der Waals surface area (Å²) in [5, 5.41) is 7.39. The van der Waals surface area contributed by atoms with E-state index in [0.717, 1.165) is 11.4 Å². The Morgan fingerprint density at radius 1 is 1.26 bits per heavy atom. The normalized spacial score (nSPS) is 10.6. The fourth-order valence-corrected chi connectivity index (χ4v) is 2.64. The molecule has 0 atom stereocenters. The Morgan fingerprint density at radius 3 is 2.74 bits per heavy atom. The van der Waals surface area contributed by atoms with Gasteiger partial charge in [0, 0.05) is 16.7 Å². The first-order chi connectivity index (χ1) is 11.0. The molecule has 0 saturated heterocycles. The maximum absolute atomic E-state index is 12.5. The van der Waals surface area contributed by atoms with Crippen LogP contribution in [0.4, 0.5) is 5.82 Å². The number of hydrogen-bond donors (Lipinski definition) is 1. The molecule has 0 spiro atoms. The van der Waals surface area contributed by atoms with Gasteiger partial charge in [0.05, 0.1) is 16.9 Å². The van der Waals surface area contributed by atoms with E-state index in [4.69, 9.17) is 11.6 Å². The van der Waals surface area contributed by atoms with Crippen molar-refractivity contribution in [1.82, 2.24) is 14.8 Å². The first-order valence-corrected chi connectivity index (χ1v) is 7.96. The molecule has 116 valence electrons. The van der Waals surface area contributed by atoms with Gasteiger partial charge in [0.15, 0.2) is 0 Å². The minimum atomic E-state index is -0.346. The Kier molecular flexibility index (Phi) is 4.45. The average Bonchev–Trinajstić information content (AvgIpc) is 2.91. The molecule has 0 bridgehead atoms. The van der Waals surface area contributed by atoms with Crippen molar-refractivity contribution < 1.29 is 4.79 Å². The van der Waals surface area contributed by atoms with Gasteiger partial charge in [0.2, 0.25) is 0 Å². The fraction of sp³-hybridized carbons (Fsp3) is 0.0625. The highest BCUT2D eigenvalue weighted by molar-refractivity contribution is 9.10. The van der Waals surface area contributed by atoms with Gasteiger partial charge in [-0.2, -0.15) is 5.10 Å². The van der Waals surface area contributed by atoms with E-state index in [1.807, 2.05) is 37.3 Å². The summed E-state index contributed by atoms with van der Waals surface area (Å²) in [5.74, 6) is 0.218. The van der Waals surface area contributed by atoms with Crippen LogP contribution in [0.5, 0.6) is 0 Å². The lowest BCUT2D eigenvalue weighted by Crippen LogP contribution is -2.16. The summed E-state index contributed by atoms with van der Waals surface area (Å²) in [4.78, 5) is 16.4. The number of benzene rings is 1. The maximum Gasteiger partial charge on any atom is 0.259 e. The number of aromatic nitrogens is 3. The van der Waals surface area contributed by atoms with Crippen LogP contribution in [-0.4, -0.2) is 20.7 Å². The van der Waals surface area contributed by atoms with Crippen molar-refractivity contribution in [2.45, 2.75) is 6.92 Å². The Morgan fingerprint density at radius 2 is 2.00 bits per heavy atom. The second kappa shape index (κ2) is 6.52. The summed E-state index contributed by atoms with van der Waals surface area (Å²) in [6.07, 6.45) is 1.54. The number of carbonyl (C=O) groups is 1. The van der Waals surface area contributed by atoms with Gasteiger partial charge >= 0.3 is 0 Å². The number of halogens is 2. The first kappa shape index (κ1) is 15.7. The molecular formula is C16H12BrClN4O. The molecular weight excluding hydrogens is 380 g/mol. The highest BCUT2D eigenvalue weighted by atomic mass is 79.9. The van der Waals surface area contributed by atoms with Crippen LogP contribution in [0.1, 0.15) is 16.1 Å². The van der Waals surface area contributed by atoms with E-state index in [1.54, 1.807) is 16.8 Å². The van der Waals surface area contributed by atoms with Crippen molar-refractivity contribution in [2.24, 2.45) is 0 Å². The SMILES string of the molecule is Cc1cc(NC(=O)c2cc(Br)cnc2Cl)n(-c2ccccc2)n1. The van der Waals surface area contributed by atoms with Gasteiger partial charge in [-0.1, -0.05) is 29.8 Å². The molecule has 2 aromatic heterocycles. The van der Waals surface area contributed by atoms with E-state index < -0.39 is 0 Å². The average molecular weight is 392 g/mol. The summed E-state index contributed by atoms with van der Waals surface area (Å²) >= 11 is 9.29. The van der Waals surface area contributed by atoms with Crippen LogP contribution >= 0.6 is 27.5 Å². The largest absolute Gasteiger partial charge is 0.306 e. The number of carbonyl (C=O) groups excluding carboxylic acids is 1. The Bertz CT molecular complexity index is 864. The topological polar surface area (TPSA) is 59.8 Å². The van der Waals surface area contributed by atoms with Crippen molar-refractivity contribution in [2.75, 3.05) is 5.32 Å². The van der Waals surface area contributed by atoms with Gasteiger partial charge in [0.1, 0.15) is 11.0 Å². The number of rotatable bonds is 3. The van der Waals surface area contributed by atoms with Gasteiger partial charge in [-0.05, 0) is 41.1 Å². The molecule has 0 aliphatic heterocycles. The van der Waals surface area contributed by atoms with E-state index in [1.165, 1.54) is 6.20 Å². The fourth-order valence-electron chi connectivity index (χ4n) is 2.12. The lowest BCUT2D eigenvalue weighted by molar-refractivity contribution is 0.102. The minimum absolute atomic E-state index is 0.146. The van der Waals surface area contributed by atoms with E-state index in [9.17, 15) is 4.79 Å².